The van der Waals surface area contributed by atoms with Crippen molar-refractivity contribution in [3.63, 3.8) is 0 Å². The van der Waals surface area contributed by atoms with E-state index in [-0.39, 0.29) is 55.3 Å². The monoisotopic (exact) mass is 1070 g/mol. The quantitative estimate of drug-likeness (QED) is 0.0316. The second kappa shape index (κ2) is 29.7. The molecule has 4 aromatic rings. The molecule has 15 N–H and O–H groups in total. The van der Waals surface area contributed by atoms with E-state index in [1.165, 1.54) is 67.6 Å². The maximum Gasteiger partial charge on any atom is 0.326 e. The van der Waals surface area contributed by atoms with E-state index in [4.69, 9.17) is 5.73 Å². The van der Waals surface area contributed by atoms with Gasteiger partial charge >= 0.3 is 11.9 Å². The Hall–Kier alpha value is -9.06. The van der Waals surface area contributed by atoms with Crippen molar-refractivity contribution < 1.29 is 73.5 Å². The first-order valence-electron chi connectivity index (χ1n) is 24.4. The van der Waals surface area contributed by atoms with Gasteiger partial charge < -0.3 is 73.8 Å². The molecule has 0 aliphatic rings. The Kier molecular flexibility index (Phi) is 23.4. The molecule has 0 heterocycles. The largest absolute Gasteiger partial charge is 0.508 e. The molecule has 0 aliphatic heterocycles. The predicted octanol–water partition coefficient (Wildman–Crippen LogP) is -0.832. The number of carbonyl (C=O) groups is 10. The summed E-state index contributed by atoms with van der Waals surface area (Å²) >= 11 is 0. The van der Waals surface area contributed by atoms with E-state index in [1.807, 2.05) is 0 Å². The topological polar surface area (TPSA) is 394 Å². The number of hydrogen-bond donors (Lipinski definition) is 14. The Labute approximate surface area is 443 Å². The third-order valence-electron chi connectivity index (χ3n) is 11.6. The Morgan fingerprint density at radius 1 is 0.429 bits per heavy atom. The molecule has 412 valence electrons. The summed E-state index contributed by atoms with van der Waals surface area (Å²) in [6.07, 6.45) is -1.46. The minimum atomic E-state index is -1.80. The van der Waals surface area contributed by atoms with Crippen LogP contribution >= 0.6 is 0 Å². The van der Waals surface area contributed by atoms with Crippen LogP contribution in [0.4, 0.5) is 0 Å². The smallest absolute Gasteiger partial charge is 0.326 e. The normalized spacial score (nSPS) is 13.6. The molecule has 8 amide bonds. The van der Waals surface area contributed by atoms with Crippen LogP contribution in [0.2, 0.25) is 0 Å². The lowest BCUT2D eigenvalue weighted by atomic mass is 10.0. The highest BCUT2D eigenvalue weighted by atomic mass is 16.4. The van der Waals surface area contributed by atoms with E-state index in [2.05, 4.69) is 42.5 Å². The molecule has 0 saturated heterocycles. The summed E-state index contributed by atoms with van der Waals surface area (Å²) < 4.78 is 0. The molecule has 24 heteroatoms. The molecule has 0 aliphatic carbocycles. The van der Waals surface area contributed by atoms with Gasteiger partial charge in [-0.1, -0.05) is 80.6 Å². The average Bonchev–Trinajstić information content (AvgIpc) is 3.38. The molecular formula is C53H65N9O15. The van der Waals surface area contributed by atoms with Crippen LogP contribution < -0.4 is 48.3 Å². The number of carboxylic acids is 2. The first kappa shape index (κ1) is 60.5. The lowest BCUT2D eigenvalue weighted by Crippen LogP contribution is -2.58. The summed E-state index contributed by atoms with van der Waals surface area (Å²) in [7, 11) is 0. The van der Waals surface area contributed by atoms with Gasteiger partial charge in [0.05, 0.1) is 25.6 Å². The number of carboxylic acid groups (broad SMARTS) is 2. The fourth-order valence-corrected chi connectivity index (χ4v) is 7.58. The number of phenolic OH excluding ortho intramolecular Hbond substituents is 3. The fourth-order valence-electron chi connectivity index (χ4n) is 7.58. The summed E-state index contributed by atoms with van der Waals surface area (Å²) in [6, 6.07) is 15.8. The number of nitrogens with one attached hydrogen (secondary N) is 8. The Morgan fingerprint density at radius 3 is 1.31 bits per heavy atom. The molecule has 0 fully saturated rings. The van der Waals surface area contributed by atoms with Crippen molar-refractivity contribution in [2.24, 2.45) is 11.7 Å². The van der Waals surface area contributed by atoms with Gasteiger partial charge in [-0.3, -0.25) is 43.2 Å². The zero-order valence-electron chi connectivity index (χ0n) is 42.5. The summed E-state index contributed by atoms with van der Waals surface area (Å²) in [4.78, 5) is 132. The van der Waals surface area contributed by atoms with Crippen LogP contribution in [0.1, 0.15) is 55.9 Å². The summed E-state index contributed by atoms with van der Waals surface area (Å²) in [5.41, 5.74) is 8.11. The first-order valence-corrected chi connectivity index (χ1v) is 24.4. The zero-order chi connectivity index (χ0) is 56.8. The molecular weight excluding hydrogens is 1000 g/mol. The standard InChI is InChI=1S/C53H65N9O15/c1-29(2)21-39(50(73)61-42(26-46(68)69)52(75)62-43(53(76)77)25-34-13-19-37(65)20-14-34)58-45(67)28-56-49(72)40(23-31-7-5-4-6-8-31)60-51(74)41(24-33-11-17-36(64)18-12-33)59-47(70)30(3)57-44(66)27-55-48(71)38(54)22-32-9-15-35(63)16-10-32/h4-20,29-30,38-43,63-65H,21-28,54H2,1-3H3,(H,55,71)(H,56,72)(H,57,66)(H,58,67)(H,59,70)(H,60,74)(H,61,73)(H,62,75)(H,68,69)(H,76,77)/t30-,38-,39-,40-,41-,42-,43-/m0/s1. The number of hydrogen-bond acceptors (Lipinski definition) is 14. The third-order valence-corrected chi connectivity index (χ3v) is 11.6. The highest BCUT2D eigenvalue weighted by Crippen LogP contribution is 2.15. The van der Waals surface area contributed by atoms with Gasteiger partial charge in [-0.15, -0.1) is 0 Å². The van der Waals surface area contributed by atoms with Crippen molar-refractivity contribution in [3.05, 3.63) is 125 Å². The van der Waals surface area contributed by atoms with Gasteiger partial charge in [-0.05, 0) is 84.3 Å². The van der Waals surface area contributed by atoms with Crippen LogP contribution in [0.5, 0.6) is 17.2 Å². The second-order valence-corrected chi connectivity index (χ2v) is 18.6. The average molecular weight is 1070 g/mol. The van der Waals surface area contributed by atoms with E-state index >= 15 is 0 Å². The Bertz CT molecular complexity index is 2690. The molecule has 4 rings (SSSR count). The number of rotatable bonds is 29. The molecule has 0 unspecified atom stereocenters. The number of phenols is 3. The van der Waals surface area contributed by atoms with Crippen LogP contribution in [0, 0.1) is 5.92 Å². The molecule has 0 spiro atoms. The fraction of sp³-hybridized carbons (Fsp3) is 0.358. The molecule has 77 heavy (non-hydrogen) atoms. The number of benzene rings is 4. The van der Waals surface area contributed by atoms with Gasteiger partial charge in [0, 0.05) is 19.3 Å². The summed E-state index contributed by atoms with van der Waals surface area (Å²) in [5.74, 6) is -10.4. The number of amides is 8. The zero-order valence-corrected chi connectivity index (χ0v) is 42.5. The first-order chi connectivity index (χ1) is 36.4. The lowest BCUT2D eigenvalue weighted by molar-refractivity contribution is -0.143. The number of nitrogens with two attached hydrogens (primary N) is 1. The maximum absolute atomic E-state index is 14.2. The van der Waals surface area contributed by atoms with Gasteiger partial charge in [-0.25, -0.2) is 4.79 Å². The van der Waals surface area contributed by atoms with Gasteiger partial charge in [0.1, 0.15) is 53.5 Å². The molecule has 4 aromatic carbocycles. The van der Waals surface area contributed by atoms with Crippen LogP contribution in [0.15, 0.2) is 103 Å². The summed E-state index contributed by atoms with van der Waals surface area (Å²) in [5, 5.41) is 67.9. The SMILES string of the molecule is CC(C)C[C@H](NC(=O)CNC(=O)[C@H](Cc1ccccc1)NC(=O)[C@H](Cc1ccc(O)cc1)NC(=O)[C@H](C)NC(=O)CNC(=O)[C@@H](N)Cc1ccc(O)cc1)C(=O)N[C@@H](CC(=O)O)C(=O)N[C@@H](Cc1ccc(O)cc1)C(=O)O. The highest BCUT2D eigenvalue weighted by Gasteiger charge is 2.33. The van der Waals surface area contributed by atoms with Gasteiger partial charge in [0.2, 0.25) is 47.3 Å². The minimum Gasteiger partial charge on any atom is -0.508 e. The van der Waals surface area contributed by atoms with E-state index in [9.17, 15) is 73.5 Å². The van der Waals surface area contributed by atoms with E-state index in [0.717, 1.165) is 0 Å². The van der Waals surface area contributed by atoms with Crippen molar-refractivity contribution >= 4 is 59.2 Å². The highest BCUT2D eigenvalue weighted by molar-refractivity contribution is 5.97. The molecule has 0 saturated carbocycles. The maximum atomic E-state index is 14.2. The number of carbonyl (C=O) groups excluding carboxylic acids is 8. The Balaban J connectivity index is 1.44. The van der Waals surface area contributed by atoms with Gasteiger partial charge in [-0.2, -0.15) is 0 Å². The number of aliphatic carboxylic acids is 2. The van der Waals surface area contributed by atoms with Gasteiger partial charge in [0.25, 0.3) is 0 Å². The minimum absolute atomic E-state index is 0.0333. The lowest BCUT2D eigenvalue weighted by Gasteiger charge is -2.25. The molecule has 0 bridgehead atoms. The van der Waals surface area contributed by atoms with E-state index < -0.39 is 121 Å². The third kappa shape index (κ3) is 21.4. The molecule has 0 aromatic heterocycles. The molecule has 24 nitrogen and oxygen atoms in total. The van der Waals surface area contributed by atoms with Crippen molar-refractivity contribution in [1.82, 2.24) is 42.5 Å². The van der Waals surface area contributed by atoms with Crippen LogP contribution in [0.3, 0.4) is 0 Å². The summed E-state index contributed by atoms with van der Waals surface area (Å²) in [6.45, 7) is 3.45. The van der Waals surface area contributed by atoms with Crippen molar-refractivity contribution in [1.29, 1.82) is 0 Å². The van der Waals surface area contributed by atoms with Crippen molar-refractivity contribution in [2.45, 2.75) is 102 Å². The van der Waals surface area contributed by atoms with Crippen LogP contribution in [-0.2, 0) is 73.6 Å². The van der Waals surface area contributed by atoms with E-state index in [1.54, 1.807) is 56.3 Å². The van der Waals surface area contributed by atoms with E-state index in [0.29, 0.717) is 22.3 Å². The number of aromatic hydroxyl groups is 3. The molecule has 7 atom stereocenters. The predicted molar refractivity (Wildman–Crippen MR) is 276 cm³/mol. The molecule has 0 radical (unpaired) electrons. The van der Waals surface area contributed by atoms with Crippen molar-refractivity contribution in [2.75, 3.05) is 13.1 Å². The van der Waals surface area contributed by atoms with Gasteiger partial charge in [0.15, 0.2) is 0 Å². The van der Waals surface area contributed by atoms with Crippen LogP contribution in [-0.4, -0.2) is 140 Å². The Morgan fingerprint density at radius 2 is 0.818 bits per heavy atom. The second-order valence-electron chi connectivity index (χ2n) is 18.6. The van der Waals surface area contributed by atoms with Crippen molar-refractivity contribution in [3.8, 4) is 17.2 Å². The van der Waals surface area contributed by atoms with Crippen LogP contribution in [0.25, 0.3) is 0 Å².